The van der Waals surface area contributed by atoms with Gasteiger partial charge in [-0.25, -0.2) is 9.97 Å². The van der Waals surface area contributed by atoms with Crippen LogP contribution in [0.5, 0.6) is 0 Å². The first kappa shape index (κ1) is 21.3. The number of carbonyl (C=O) groups excluding carboxylic acids is 1. The molecule has 0 aromatic carbocycles. The third-order valence-corrected chi connectivity index (χ3v) is 7.38. The van der Waals surface area contributed by atoms with Crippen molar-refractivity contribution in [1.82, 2.24) is 20.6 Å². The van der Waals surface area contributed by atoms with E-state index in [1.165, 1.54) is 15.8 Å². The number of rotatable bonds is 3. The van der Waals surface area contributed by atoms with Gasteiger partial charge in [-0.15, -0.1) is 23.7 Å². The van der Waals surface area contributed by atoms with Gasteiger partial charge in [-0.1, -0.05) is 6.92 Å². The number of hydrogen-bond donors (Lipinski definition) is 2. The van der Waals surface area contributed by atoms with Crippen LogP contribution in [-0.4, -0.2) is 48.1 Å². The van der Waals surface area contributed by atoms with Crippen LogP contribution in [-0.2, 0) is 4.79 Å². The van der Waals surface area contributed by atoms with E-state index in [1.54, 1.807) is 17.7 Å². The SMILES string of the molecule is Cc1sc2ncnc(N3CCC(C(=O)NC4CNCCC4C)CC3)c2c1C.Cl. The summed E-state index contributed by atoms with van der Waals surface area (Å²) in [7, 11) is 0. The molecular weight excluding hydrogens is 394 g/mol. The first-order chi connectivity index (χ1) is 13.0. The summed E-state index contributed by atoms with van der Waals surface area (Å²) in [5.41, 5.74) is 1.28. The highest BCUT2D eigenvalue weighted by atomic mass is 35.5. The van der Waals surface area contributed by atoms with Crippen molar-refractivity contribution in [3.8, 4) is 0 Å². The Morgan fingerprint density at radius 2 is 2.00 bits per heavy atom. The fourth-order valence-electron chi connectivity index (χ4n) is 4.24. The summed E-state index contributed by atoms with van der Waals surface area (Å²) < 4.78 is 0. The first-order valence-electron chi connectivity index (χ1n) is 10.0. The van der Waals surface area contributed by atoms with Crippen LogP contribution < -0.4 is 15.5 Å². The summed E-state index contributed by atoms with van der Waals surface area (Å²) in [4.78, 5) is 26.5. The molecule has 6 nitrogen and oxygen atoms in total. The van der Waals surface area contributed by atoms with Crippen LogP contribution in [0.25, 0.3) is 10.2 Å². The van der Waals surface area contributed by atoms with Gasteiger partial charge >= 0.3 is 0 Å². The van der Waals surface area contributed by atoms with Gasteiger partial charge in [0.2, 0.25) is 5.91 Å². The van der Waals surface area contributed by atoms with Gasteiger partial charge < -0.3 is 15.5 Å². The molecule has 2 unspecified atom stereocenters. The minimum atomic E-state index is 0. The number of amides is 1. The molecular formula is C20H30ClN5OS. The number of fused-ring (bicyclic) bond motifs is 1. The van der Waals surface area contributed by atoms with E-state index in [1.807, 2.05) is 0 Å². The Bertz CT molecular complexity index is 833. The molecule has 0 bridgehead atoms. The molecule has 2 aromatic rings. The molecule has 4 rings (SSSR count). The molecule has 2 aliphatic rings. The van der Waals surface area contributed by atoms with E-state index in [0.29, 0.717) is 5.92 Å². The van der Waals surface area contributed by atoms with Crippen molar-refractivity contribution >= 4 is 45.7 Å². The van der Waals surface area contributed by atoms with Gasteiger partial charge in [0.05, 0.1) is 5.39 Å². The number of anilines is 1. The summed E-state index contributed by atoms with van der Waals surface area (Å²) in [5.74, 6) is 1.92. The summed E-state index contributed by atoms with van der Waals surface area (Å²) in [6, 6.07) is 0.266. The van der Waals surface area contributed by atoms with Crippen molar-refractivity contribution in [2.75, 3.05) is 31.1 Å². The van der Waals surface area contributed by atoms with E-state index < -0.39 is 0 Å². The molecule has 2 atom stereocenters. The van der Waals surface area contributed by atoms with E-state index in [9.17, 15) is 4.79 Å². The topological polar surface area (TPSA) is 70.2 Å². The summed E-state index contributed by atoms with van der Waals surface area (Å²) in [6.45, 7) is 10.2. The normalized spacial score (nSPS) is 23.5. The maximum Gasteiger partial charge on any atom is 0.223 e. The van der Waals surface area contributed by atoms with Gasteiger partial charge in [0.1, 0.15) is 17.0 Å². The smallest absolute Gasteiger partial charge is 0.223 e. The summed E-state index contributed by atoms with van der Waals surface area (Å²) >= 11 is 1.73. The molecule has 2 N–H and O–H groups in total. The number of thiophene rings is 1. The quantitative estimate of drug-likeness (QED) is 0.793. The third kappa shape index (κ3) is 4.11. The molecule has 2 aromatic heterocycles. The molecule has 0 radical (unpaired) electrons. The number of nitrogens with zero attached hydrogens (tertiary/aromatic N) is 3. The molecule has 0 aliphatic carbocycles. The van der Waals surface area contributed by atoms with Crippen molar-refractivity contribution < 1.29 is 4.79 Å². The van der Waals surface area contributed by atoms with Crippen LogP contribution in [0.15, 0.2) is 6.33 Å². The Kier molecular flexibility index (Phi) is 6.78. The molecule has 2 fully saturated rings. The molecule has 28 heavy (non-hydrogen) atoms. The van der Waals surface area contributed by atoms with Gasteiger partial charge in [-0.05, 0) is 51.1 Å². The second kappa shape index (κ2) is 8.93. The van der Waals surface area contributed by atoms with Crippen molar-refractivity contribution in [2.45, 2.75) is 46.1 Å². The first-order valence-corrected chi connectivity index (χ1v) is 10.8. The third-order valence-electron chi connectivity index (χ3n) is 6.27. The van der Waals surface area contributed by atoms with E-state index in [4.69, 9.17) is 0 Å². The number of halogens is 1. The van der Waals surface area contributed by atoms with Crippen LogP contribution in [0.1, 0.15) is 36.6 Å². The molecule has 4 heterocycles. The van der Waals surface area contributed by atoms with Crippen molar-refractivity contribution in [3.63, 3.8) is 0 Å². The van der Waals surface area contributed by atoms with Crippen molar-refractivity contribution in [3.05, 3.63) is 16.8 Å². The average molecular weight is 424 g/mol. The largest absolute Gasteiger partial charge is 0.356 e. The number of nitrogens with one attached hydrogen (secondary N) is 2. The summed E-state index contributed by atoms with van der Waals surface area (Å²) in [5, 5.41) is 7.87. The van der Waals surface area contributed by atoms with Gasteiger partial charge in [-0.3, -0.25) is 4.79 Å². The predicted molar refractivity (Wildman–Crippen MR) is 118 cm³/mol. The fourth-order valence-corrected chi connectivity index (χ4v) is 5.23. The number of hydrogen-bond acceptors (Lipinski definition) is 6. The Morgan fingerprint density at radius 1 is 1.25 bits per heavy atom. The number of piperidine rings is 2. The second-order valence-electron chi connectivity index (χ2n) is 8.01. The lowest BCUT2D eigenvalue weighted by atomic mass is 9.92. The molecule has 0 saturated carbocycles. The molecule has 1 amide bonds. The minimum absolute atomic E-state index is 0. The lowest BCUT2D eigenvalue weighted by Crippen LogP contribution is -2.52. The van der Waals surface area contributed by atoms with Crippen LogP contribution in [0, 0.1) is 25.7 Å². The van der Waals surface area contributed by atoms with E-state index in [2.05, 4.69) is 46.3 Å². The number of aryl methyl sites for hydroxylation is 2. The molecule has 2 saturated heterocycles. The second-order valence-corrected chi connectivity index (χ2v) is 9.21. The lowest BCUT2D eigenvalue weighted by molar-refractivity contribution is -0.126. The van der Waals surface area contributed by atoms with Gasteiger partial charge in [0, 0.05) is 36.5 Å². The van der Waals surface area contributed by atoms with Gasteiger partial charge in [0.15, 0.2) is 0 Å². The average Bonchev–Trinajstić information content (AvgIpc) is 2.98. The Morgan fingerprint density at radius 3 is 2.71 bits per heavy atom. The van der Waals surface area contributed by atoms with E-state index in [-0.39, 0.29) is 30.3 Å². The van der Waals surface area contributed by atoms with Crippen LogP contribution in [0.3, 0.4) is 0 Å². The monoisotopic (exact) mass is 423 g/mol. The molecule has 2 aliphatic heterocycles. The summed E-state index contributed by atoms with van der Waals surface area (Å²) in [6.07, 6.45) is 4.57. The Balaban J connectivity index is 0.00000225. The van der Waals surface area contributed by atoms with Crippen LogP contribution >= 0.6 is 23.7 Å². The fraction of sp³-hybridized carbons (Fsp3) is 0.650. The van der Waals surface area contributed by atoms with Gasteiger partial charge in [0.25, 0.3) is 0 Å². The van der Waals surface area contributed by atoms with Gasteiger partial charge in [-0.2, -0.15) is 0 Å². The predicted octanol–water partition coefficient (Wildman–Crippen LogP) is 3.06. The van der Waals surface area contributed by atoms with Crippen molar-refractivity contribution in [1.29, 1.82) is 0 Å². The maximum absolute atomic E-state index is 12.7. The molecule has 8 heteroatoms. The zero-order valence-electron chi connectivity index (χ0n) is 16.8. The highest BCUT2D eigenvalue weighted by molar-refractivity contribution is 7.18. The zero-order chi connectivity index (χ0) is 19.0. The number of carbonyl (C=O) groups is 1. The lowest BCUT2D eigenvalue weighted by Gasteiger charge is -2.35. The van der Waals surface area contributed by atoms with Crippen LogP contribution in [0.4, 0.5) is 5.82 Å². The number of aromatic nitrogens is 2. The maximum atomic E-state index is 12.7. The molecule has 154 valence electrons. The van der Waals surface area contributed by atoms with E-state index >= 15 is 0 Å². The standard InChI is InChI=1S/C20H29N5OS.ClH/c1-12-4-7-21-10-16(12)24-19(26)15-5-8-25(9-6-15)18-17-13(2)14(3)27-20(17)23-11-22-18;/h11-12,15-16,21H,4-10H2,1-3H3,(H,24,26);1H. The molecule has 0 spiro atoms. The zero-order valence-corrected chi connectivity index (χ0v) is 18.5. The van der Waals surface area contributed by atoms with E-state index in [0.717, 1.165) is 56.1 Å². The highest BCUT2D eigenvalue weighted by Gasteiger charge is 2.30. The Hall–Kier alpha value is -1.44. The van der Waals surface area contributed by atoms with Crippen LogP contribution in [0.2, 0.25) is 0 Å². The minimum Gasteiger partial charge on any atom is -0.356 e. The van der Waals surface area contributed by atoms with Crippen molar-refractivity contribution in [2.24, 2.45) is 11.8 Å². The Labute approximate surface area is 176 Å². The highest BCUT2D eigenvalue weighted by Crippen LogP contribution is 2.35.